The molecule has 6 heteroatoms. The molecule has 0 spiro atoms. The van der Waals surface area contributed by atoms with Gasteiger partial charge >= 0.3 is 0 Å². The number of carbonyl (C=O) groups excluding carboxylic acids is 1. The van der Waals surface area contributed by atoms with Gasteiger partial charge in [0, 0.05) is 23.7 Å². The number of amides is 1. The quantitative estimate of drug-likeness (QED) is 0.927. The Morgan fingerprint density at radius 2 is 2.41 bits per heavy atom. The van der Waals surface area contributed by atoms with Gasteiger partial charge in [0.2, 0.25) is 5.91 Å². The average Bonchev–Trinajstić information content (AvgIpc) is 2.51. The number of rotatable bonds is 4. The molecule has 1 heterocycles. The lowest BCUT2D eigenvalue weighted by molar-refractivity contribution is -0.126. The summed E-state index contributed by atoms with van der Waals surface area (Å²) in [4.78, 5) is 13.8. The number of carbonyl (C=O) groups is 1. The van der Waals surface area contributed by atoms with Gasteiger partial charge < -0.3 is 5.32 Å². The average molecular weight is 324 g/mol. The van der Waals surface area contributed by atoms with Crippen LogP contribution in [-0.4, -0.2) is 30.4 Å². The Bertz CT molecular complexity index is 567. The van der Waals surface area contributed by atoms with Crippen LogP contribution in [0.25, 0.3) is 0 Å². The highest BCUT2D eigenvalue weighted by Crippen LogP contribution is 2.32. The van der Waals surface area contributed by atoms with Gasteiger partial charge in [0.1, 0.15) is 11.9 Å². The van der Waals surface area contributed by atoms with Crippen molar-refractivity contribution in [2.24, 2.45) is 5.92 Å². The van der Waals surface area contributed by atoms with Crippen LogP contribution in [0.2, 0.25) is 5.02 Å². The van der Waals surface area contributed by atoms with Crippen LogP contribution in [0.1, 0.15) is 31.4 Å². The molecule has 0 aliphatic carbocycles. The Morgan fingerprint density at radius 3 is 3.05 bits per heavy atom. The monoisotopic (exact) mass is 323 g/mol. The molecule has 22 heavy (non-hydrogen) atoms. The lowest BCUT2D eigenvalue weighted by Crippen LogP contribution is -2.44. The first-order valence-electron chi connectivity index (χ1n) is 7.43. The van der Waals surface area contributed by atoms with E-state index in [2.05, 4.69) is 11.4 Å². The summed E-state index contributed by atoms with van der Waals surface area (Å²) in [6, 6.07) is 5.76. The molecule has 118 valence electrons. The molecule has 0 aromatic heterocycles. The van der Waals surface area contributed by atoms with Gasteiger partial charge in [-0.1, -0.05) is 17.7 Å². The molecule has 1 saturated heterocycles. The molecule has 1 amide bonds. The first kappa shape index (κ1) is 16.7. The normalized spacial score (nSPS) is 20.2. The number of nitrogens with one attached hydrogen (secondary N) is 1. The van der Waals surface area contributed by atoms with Crippen molar-refractivity contribution in [2.75, 3.05) is 19.6 Å². The number of piperidine rings is 1. The molecule has 1 fully saturated rings. The molecule has 2 rings (SSSR count). The Balaban J connectivity index is 2.21. The third kappa shape index (κ3) is 3.57. The maximum Gasteiger partial charge on any atom is 0.224 e. The largest absolute Gasteiger partial charge is 0.356 e. The summed E-state index contributed by atoms with van der Waals surface area (Å²) in [5.74, 6) is -0.669. The summed E-state index contributed by atoms with van der Waals surface area (Å²) in [7, 11) is 0. The summed E-state index contributed by atoms with van der Waals surface area (Å²) < 4.78 is 14.1. The van der Waals surface area contributed by atoms with Crippen LogP contribution >= 0.6 is 11.6 Å². The fourth-order valence-electron chi connectivity index (χ4n) is 2.87. The molecule has 2 atom stereocenters. The smallest absolute Gasteiger partial charge is 0.224 e. The molecule has 1 aliphatic rings. The second-order valence-electron chi connectivity index (χ2n) is 5.40. The Hall–Kier alpha value is -1.64. The third-order valence-corrected chi connectivity index (χ3v) is 4.26. The molecule has 1 aromatic carbocycles. The van der Waals surface area contributed by atoms with Gasteiger partial charge in [-0.2, -0.15) is 5.26 Å². The SMILES string of the molecule is CCNC(=O)[C@H]1CCCN([C@H](C#N)c2c(F)cccc2Cl)C1. The predicted molar refractivity (Wildman–Crippen MR) is 82.7 cm³/mol. The van der Waals surface area contributed by atoms with Crippen LogP contribution in [0.3, 0.4) is 0 Å². The highest BCUT2D eigenvalue weighted by atomic mass is 35.5. The molecule has 0 saturated carbocycles. The van der Waals surface area contributed by atoms with E-state index in [1.807, 2.05) is 11.8 Å². The maximum atomic E-state index is 14.1. The van der Waals surface area contributed by atoms with Crippen molar-refractivity contribution in [1.82, 2.24) is 10.2 Å². The van der Waals surface area contributed by atoms with Crippen molar-refractivity contribution in [2.45, 2.75) is 25.8 Å². The van der Waals surface area contributed by atoms with Gasteiger partial charge in [0.15, 0.2) is 0 Å². The molecular formula is C16H19ClFN3O. The van der Waals surface area contributed by atoms with E-state index >= 15 is 0 Å². The first-order chi connectivity index (χ1) is 10.6. The first-order valence-corrected chi connectivity index (χ1v) is 7.81. The van der Waals surface area contributed by atoms with Crippen molar-refractivity contribution >= 4 is 17.5 Å². The van der Waals surface area contributed by atoms with E-state index in [1.165, 1.54) is 12.1 Å². The van der Waals surface area contributed by atoms with E-state index < -0.39 is 11.9 Å². The zero-order valence-corrected chi connectivity index (χ0v) is 13.2. The number of halogens is 2. The minimum absolute atomic E-state index is 0.0106. The van der Waals surface area contributed by atoms with E-state index in [0.29, 0.717) is 19.6 Å². The van der Waals surface area contributed by atoms with Gasteiger partial charge in [-0.05, 0) is 38.4 Å². The van der Waals surface area contributed by atoms with Crippen molar-refractivity contribution in [1.29, 1.82) is 5.26 Å². The van der Waals surface area contributed by atoms with E-state index in [1.54, 1.807) is 6.07 Å². The lowest BCUT2D eigenvalue weighted by Gasteiger charge is -2.35. The number of nitriles is 1. The van der Waals surface area contributed by atoms with Crippen LogP contribution in [-0.2, 0) is 4.79 Å². The number of hydrogen-bond donors (Lipinski definition) is 1. The number of hydrogen-bond acceptors (Lipinski definition) is 3. The van der Waals surface area contributed by atoms with Crippen LogP contribution in [0, 0.1) is 23.1 Å². The molecule has 1 N–H and O–H groups in total. The number of benzene rings is 1. The van der Waals surface area contributed by atoms with Crippen molar-refractivity contribution < 1.29 is 9.18 Å². The fraction of sp³-hybridized carbons (Fsp3) is 0.500. The van der Waals surface area contributed by atoms with Gasteiger partial charge in [-0.25, -0.2) is 4.39 Å². The van der Waals surface area contributed by atoms with Crippen LogP contribution in [0.4, 0.5) is 4.39 Å². The molecule has 0 radical (unpaired) electrons. The van der Waals surface area contributed by atoms with Gasteiger partial charge in [-0.15, -0.1) is 0 Å². The highest BCUT2D eigenvalue weighted by molar-refractivity contribution is 6.31. The van der Waals surface area contributed by atoms with Crippen molar-refractivity contribution in [3.05, 3.63) is 34.6 Å². The lowest BCUT2D eigenvalue weighted by atomic mass is 9.94. The van der Waals surface area contributed by atoms with Gasteiger partial charge in [0.05, 0.1) is 12.0 Å². The maximum absolute atomic E-state index is 14.1. The zero-order chi connectivity index (χ0) is 16.1. The van der Waals surface area contributed by atoms with E-state index in [9.17, 15) is 14.4 Å². The Kier molecular flexibility index (Phi) is 5.76. The molecule has 1 aliphatic heterocycles. The molecular weight excluding hydrogens is 305 g/mol. The van der Waals surface area contributed by atoms with Crippen molar-refractivity contribution in [3.63, 3.8) is 0 Å². The minimum Gasteiger partial charge on any atom is -0.356 e. The molecule has 0 unspecified atom stereocenters. The summed E-state index contributed by atoms with van der Waals surface area (Å²) in [5.41, 5.74) is 0.197. The van der Waals surface area contributed by atoms with E-state index in [0.717, 1.165) is 12.8 Å². The predicted octanol–water partition coefficient (Wildman–Crippen LogP) is 2.89. The summed E-state index contributed by atoms with van der Waals surface area (Å²) in [6.07, 6.45) is 1.58. The second kappa shape index (κ2) is 7.57. The topological polar surface area (TPSA) is 56.1 Å². The number of nitrogens with zero attached hydrogens (tertiary/aromatic N) is 2. The summed E-state index contributed by atoms with van der Waals surface area (Å²) in [6.45, 7) is 3.54. The second-order valence-corrected chi connectivity index (χ2v) is 5.80. The number of likely N-dealkylation sites (tertiary alicyclic amines) is 1. The summed E-state index contributed by atoms with van der Waals surface area (Å²) >= 11 is 6.07. The van der Waals surface area contributed by atoms with Crippen LogP contribution < -0.4 is 5.32 Å². The molecule has 0 bridgehead atoms. The third-order valence-electron chi connectivity index (χ3n) is 3.94. The Labute approximate surface area is 134 Å². The van der Waals surface area contributed by atoms with Gasteiger partial charge in [0.25, 0.3) is 0 Å². The fourth-order valence-corrected chi connectivity index (χ4v) is 3.14. The van der Waals surface area contributed by atoms with Gasteiger partial charge in [-0.3, -0.25) is 9.69 Å². The molecule has 4 nitrogen and oxygen atoms in total. The zero-order valence-electron chi connectivity index (χ0n) is 12.5. The summed E-state index contributed by atoms with van der Waals surface area (Å²) in [5, 5.41) is 12.5. The Morgan fingerprint density at radius 1 is 1.64 bits per heavy atom. The van der Waals surface area contributed by atoms with E-state index in [-0.39, 0.29) is 22.4 Å². The van der Waals surface area contributed by atoms with Crippen LogP contribution in [0.15, 0.2) is 18.2 Å². The van der Waals surface area contributed by atoms with Crippen LogP contribution in [0.5, 0.6) is 0 Å². The standard InChI is InChI=1S/C16H19ClFN3O/c1-2-20-16(22)11-5-4-8-21(10-11)14(9-19)15-12(17)6-3-7-13(15)18/h3,6-7,11,14H,2,4-5,8,10H2,1H3,(H,20,22)/t11-,14+/m0/s1. The highest BCUT2D eigenvalue weighted by Gasteiger charge is 2.32. The van der Waals surface area contributed by atoms with Crippen molar-refractivity contribution in [3.8, 4) is 6.07 Å². The molecule has 1 aromatic rings. The minimum atomic E-state index is -0.772. The van der Waals surface area contributed by atoms with E-state index in [4.69, 9.17) is 11.6 Å².